The highest BCUT2D eigenvalue weighted by Gasteiger charge is 2.42. The lowest BCUT2D eigenvalue weighted by Gasteiger charge is -2.16. The fourth-order valence-corrected chi connectivity index (χ4v) is 4.31. The predicted octanol–water partition coefficient (Wildman–Crippen LogP) is 2.93. The van der Waals surface area contributed by atoms with Crippen molar-refractivity contribution in [3.8, 4) is 11.3 Å². The van der Waals surface area contributed by atoms with Crippen LogP contribution in [0.25, 0.3) is 16.2 Å². The minimum Gasteiger partial charge on any atom is -0.267 e. The lowest BCUT2D eigenvalue weighted by atomic mass is 10.2. The van der Waals surface area contributed by atoms with E-state index in [2.05, 4.69) is 10.2 Å². The van der Waals surface area contributed by atoms with Crippen molar-refractivity contribution >= 4 is 33.8 Å². The third-order valence-corrected chi connectivity index (χ3v) is 5.69. The first-order chi connectivity index (χ1) is 13.6. The summed E-state index contributed by atoms with van der Waals surface area (Å²) in [5.41, 5.74) is 1.61. The molecule has 0 spiro atoms. The number of anilines is 1. The van der Waals surface area contributed by atoms with Crippen LogP contribution in [0.3, 0.4) is 0 Å². The quantitative estimate of drug-likeness (QED) is 0.493. The van der Waals surface area contributed by atoms with E-state index < -0.39 is 17.4 Å². The molecule has 136 valence electrons. The Morgan fingerprint density at radius 3 is 2.32 bits per heavy atom. The molecule has 0 atom stereocenters. The first kappa shape index (κ1) is 16.5. The molecule has 28 heavy (non-hydrogen) atoms. The van der Waals surface area contributed by atoms with E-state index in [0.29, 0.717) is 11.3 Å². The Kier molecular flexibility index (Phi) is 3.50. The van der Waals surface area contributed by atoms with Crippen LogP contribution in [0.1, 0.15) is 25.7 Å². The summed E-state index contributed by atoms with van der Waals surface area (Å²) in [5.74, 6) is -0.986. The Morgan fingerprint density at radius 1 is 0.857 bits per heavy atom. The largest absolute Gasteiger partial charge is 0.286 e. The monoisotopic (exact) mass is 388 g/mol. The molecule has 1 aliphatic heterocycles. The van der Waals surface area contributed by atoms with E-state index in [1.54, 1.807) is 36.4 Å². The number of rotatable bonds is 2. The molecule has 1 aliphatic rings. The molecule has 0 unspecified atom stereocenters. The third kappa shape index (κ3) is 2.18. The number of imide groups is 1. The van der Waals surface area contributed by atoms with Crippen molar-refractivity contribution in [2.24, 2.45) is 0 Å². The molecule has 4 aromatic rings. The Balaban J connectivity index is 1.74. The molecule has 0 aliphatic carbocycles. The van der Waals surface area contributed by atoms with Crippen molar-refractivity contribution in [3.63, 3.8) is 0 Å². The summed E-state index contributed by atoms with van der Waals surface area (Å²) < 4.78 is 1.20. The summed E-state index contributed by atoms with van der Waals surface area (Å²) in [6, 6.07) is 16.0. The van der Waals surface area contributed by atoms with E-state index in [9.17, 15) is 14.4 Å². The number of hydrogen-bond acceptors (Lipinski definition) is 6. The number of carbonyl (C=O) groups excluding carboxylic acids is 2. The molecule has 7 nitrogen and oxygen atoms in total. The zero-order valence-electron chi connectivity index (χ0n) is 14.6. The van der Waals surface area contributed by atoms with E-state index in [0.717, 1.165) is 21.8 Å². The molecule has 0 saturated carbocycles. The van der Waals surface area contributed by atoms with Crippen molar-refractivity contribution in [2.45, 2.75) is 6.92 Å². The number of aromatic nitrogens is 3. The summed E-state index contributed by atoms with van der Waals surface area (Å²) in [5, 5.41) is 8.10. The average molecular weight is 388 g/mol. The maximum atomic E-state index is 13.1. The molecule has 2 aromatic heterocycles. The molecule has 8 heteroatoms. The lowest BCUT2D eigenvalue weighted by Crippen LogP contribution is -2.32. The van der Waals surface area contributed by atoms with Gasteiger partial charge >= 0.3 is 0 Å². The predicted molar refractivity (Wildman–Crippen MR) is 105 cm³/mol. The number of thiazole rings is 1. The van der Waals surface area contributed by atoms with Gasteiger partial charge in [0.15, 0.2) is 5.69 Å². The van der Waals surface area contributed by atoms with Crippen molar-refractivity contribution in [1.82, 2.24) is 14.6 Å². The van der Waals surface area contributed by atoms with E-state index in [-0.39, 0.29) is 21.2 Å². The summed E-state index contributed by atoms with van der Waals surface area (Å²) >= 11 is 0.998. The molecule has 0 saturated heterocycles. The van der Waals surface area contributed by atoms with Gasteiger partial charge in [0, 0.05) is 5.56 Å². The number of fused-ring (bicyclic) bond motifs is 3. The van der Waals surface area contributed by atoms with Crippen molar-refractivity contribution < 1.29 is 9.59 Å². The summed E-state index contributed by atoms with van der Waals surface area (Å²) in [6.45, 7) is 1.82. The molecule has 3 heterocycles. The van der Waals surface area contributed by atoms with Crippen LogP contribution in [0.4, 0.5) is 5.69 Å². The van der Waals surface area contributed by atoms with Gasteiger partial charge in [0.2, 0.25) is 4.96 Å². The van der Waals surface area contributed by atoms with Gasteiger partial charge in [0.25, 0.3) is 17.4 Å². The van der Waals surface area contributed by atoms with Crippen molar-refractivity contribution in [3.05, 3.63) is 81.1 Å². The van der Waals surface area contributed by atoms with Gasteiger partial charge in [0.1, 0.15) is 10.6 Å². The minimum atomic E-state index is -0.533. The topological polar surface area (TPSA) is 84.6 Å². The molecule has 0 radical (unpaired) electrons. The highest BCUT2D eigenvalue weighted by molar-refractivity contribution is 7.19. The maximum absolute atomic E-state index is 13.1. The third-order valence-electron chi connectivity index (χ3n) is 4.67. The van der Waals surface area contributed by atoms with Gasteiger partial charge in [-0.25, -0.2) is 9.30 Å². The molecular weight excluding hydrogens is 376 g/mol. The number of benzene rings is 2. The zero-order valence-corrected chi connectivity index (χ0v) is 15.4. The lowest BCUT2D eigenvalue weighted by molar-refractivity contribution is 0.0924. The molecule has 0 bridgehead atoms. The van der Waals surface area contributed by atoms with Crippen LogP contribution in [-0.4, -0.2) is 26.4 Å². The van der Waals surface area contributed by atoms with Crippen LogP contribution >= 0.6 is 11.3 Å². The van der Waals surface area contributed by atoms with Gasteiger partial charge in [-0.1, -0.05) is 59.9 Å². The summed E-state index contributed by atoms with van der Waals surface area (Å²) in [6.07, 6.45) is 0. The number of hydrogen-bond donors (Lipinski definition) is 0. The SMILES string of the molecule is Cc1ccccc1N1C(=O)c2sc3nnc(-c4ccccc4)c(=O)n3c2C1=O. The van der Waals surface area contributed by atoms with Crippen molar-refractivity contribution in [1.29, 1.82) is 0 Å². The molecule has 5 rings (SSSR count). The maximum Gasteiger partial charge on any atom is 0.286 e. The van der Waals surface area contributed by atoms with Crippen LogP contribution in [0.5, 0.6) is 0 Å². The van der Waals surface area contributed by atoms with Gasteiger partial charge in [-0.3, -0.25) is 14.4 Å². The zero-order chi connectivity index (χ0) is 19.4. The first-order valence-electron chi connectivity index (χ1n) is 8.50. The second-order valence-electron chi connectivity index (χ2n) is 6.35. The van der Waals surface area contributed by atoms with Gasteiger partial charge in [0.05, 0.1) is 5.69 Å². The molecule has 0 fully saturated rings. The van der Waals surface area contributed by atoms with Gasteiger partial charge in [-0.2, -0.15) is 0 Å². The van der Waals surface area contributed by atoms with Crippen LogP contribution in [0, 0.1) is 6.92 Å². The number of amides is 2. The Morgan fingerprint density at radius 2 is 1.57 bits per heavy atom. The first-order valence-corrected chi connectivity index (χ1v) is 9.31. The normalized spacial score (nSPS) is 13.4. The Hall–Kier alpha value is -3.65. The molecule has 2 aromatic carbocycles. The standard InChI is InChI=1S/C20H12N4O3S/c1-11-7-5-6-10-13(11)23-18(26)15-16(19(23)27)28-20-22-21-14(17(25)24(15)20)12-8-3-2-4-9-12/h2-10H,1H3. The minimum absolute atomic E-state index is 0.0466. The van der Waals surface area contributed by atoms with E-state index in [4.69, 9.17) is 0 Å². The number of para-hydroxylation sites is 1. The number of nitrogens with zero attached hydrogens (tertiary/aromatic N) is 4. The summed E-state index contributed by atoms with van der Waals surface area (Å²) in [7, 11) is 0. The van der Waals surface area contributed by atoms with Gasteiger partial charge in [-0.05, 0) is 18.6 Å². The Bertz CT molecular complexity index is 1340. The summed E-state index contributed by atoms with van der Waals surface area (Å²) in [4.78, 5) is 40.7. The number of aryl methyl sites for hydroxylation is 1. The van der Waals surface area contributed by atoms with Crippen LogP contribution in [0.15, 0.2) is 59.4 Å². The van der Waals surface area contributed by atoms with Gasteiger partial charge < -0.3 is 0 Å². The van der Waals surface area contributed by atoms with Crippen LogP contribution in [0.2, 0.25) is 0 Å². The molecular formula is C20H12N4O3S. The average Bonchev–Trinajstić information content (AvgIpc) is 3.20. The second kappa shape index (κ2) is 5.93. The van der Waals surface area contributed by atoms with Crippen LogP contribution in [-0.2, 0) is 0 Å². The van der Waals surface area contributed by atoms with E-state index in [1.165, 1.54) is 4.40 Å². The Labute approximate surface area is 162 Å². The second-order valence-corrected chi connectivity index (χ2v) is 7.33. The molecule has 0 N–H and O–H groups in total. The fraction of sp³-hybridized carbons (Fsp3) is 0.0500. The number of carbonyl (C=O) groups is 2. The fourth-order valence-electron chi connectivity index (χ4n) is 3.33. The van der Waals surface area contributed by atoms with E-state index >= 15 is 0 Å². The highest BCUT2D eigenvalue weighted by Crippen LogP contribution is 2.34. The van der Waals surface area contributed by atoms with Crippen LogP contribution < -0.4 is 10.5 Å². The smallest absolute Gasteiger partial charge is 0.267 e. The van der Waals surface area contributed by atoms with E-state index in [1.807, 2.05) is 25.1 Å². The van der Waals surface area contributed by atoms with Gasteiger partial charge in [-0.15, -0.1) is 10.2 Å². The molecule has 2 amide bonds. The highest BCUT2D eigenvalue weighted by atomic mass is 32.1. The van der Waals surface area contributed by atoms with Crippen molar-refractivity contribution in [2.75, 3.05) is 4.90 Å².